The number of carbonyl (C=O) groups is 1. The summed E-state index contributed by atoms with van der Waals surface area (Å²) in [6.45, 7) is 0. The number of alkyl halides is 3. The summed E-state index contributed by atoms with van der Waals surface area (Å²) in [6.07, 6.45) is -4.55. The SMILES string of the molecule is Cn1nc(C(F)(F)F)cc1-c1ccc(NC(=O)c2ccccc2)nc1N. The van der Waals surface area contributed by atoms with E-state index >= 15 is 0 Å². The van der Waals surface area contributed by atoms with Crippen LogP contribution in [0.1, 0.15) is 16.1 Å². The zero-order valence-corrected chi connectivity index (χ0v) is 13.6. The van der Waals surface area contributed by atoms with Crippen LogP contribution in [0.2, 0.25) is 0 Å². The summed E-state index contributed by atoms with van der Waals surface area (Å²) in [5.74, 6) is -0.198. The third-order valence-corrected chi connectivity index (χ3v) is 3.65. The average molecular weight is 361 g/mol. The molecule has 0 unspecified atom stereocenters. The molecule has 3 N–H and O–H groups in total. The van der Waals surface area contributed by atoms with Crippen molar-refractivity contribution in [2.24, 2.45) is 7.05 Å². The molecule has 0 aliphatic rings. The lowest BCUT2D eigenvalue weighted by atomic mass is 10.1. The molecule has 1 aromatic carbocycles. The number of benzene rings is 1. The third kappa shape index (κ3) is 3.51. The quantitative estimate of drug-likeness (QED) is 0.749. The van der Waals surface area contributed by atoms with Gasteiger partial charge in [0.2, 0.25) is 0 Å². The second kappa shape index (κ2) is 6.51. The molecule has 0 radical (unpaired) electrons. The van der Waals surface area contributed by atoms with Crippen molar-refractivity contribution in [3.63, 3.8) is 0 Å². The molecule has 0 saturated carbocycles. The number of pyridine rings is 1. The largest absolute Gasteiger partial charge is 0.435 e. The number of nitrogens with two attached hydrogens (primary N) is 1. The Kier molecular flexibility index (Phi) is 4.37. The second-order valence-electron chi connectivity index (χ2n) is 5.49. The minimum atomic E-state index is -4.55. The molecule has 0 saturated heterocycles. The Hall–Kier alpha value is -3.36. The van der Waals surface area contributed by atoms with Crippen molar-refractivity contribution in [3.8, 4) is 11.3 Å². The molecule has 0 atom stereocenters. The third-order valence-electron chi connectivity index (χ3n) is 3.65. The lowest BCUT2D eigenvalue weighted by Crippen LogP contribution is -2.13. The van der Waals surface area contributed by atoms with Crippen LogP contribution in [0.25, 0.3) is 11.3 Å². The zero-order chi connectivity index (χ0) is 18.9. The van der Waals surface area contributed by atoms with E-state index in [1.807, 2.05) is 0 Å². The Bertz CT molecular complexity index is 951. The molecular formula is C17H14F3N5O. The van der Waals surface area contributed by atoms with Gasteiger partial charge in [-0.2, -0.15) is 18.3 Å². The topological polar surface area (TPSA) is 85.8 Å². The van der Waals surface area contributed by atoms with Crippen LogP contribution in [-0.2, 0) is 13.2 Å². The van der Waals surface area contributed by atoms with Gasteiger partial charge in [-0.05, 0) is 30.3 Å². The summed E-state index contributed by atoms with van der Waals surface area (Å²) in [5.41, 5.74) is 5.75. The van der Waals surface area contributed by atoms with Gasteiger partial charge in [0.05, 0.1) is 5.69 Å². The molecule has 3 rings (SSSR count). The molecule has 9 heteroatoms. The summed E-state index contributed by atoms with van der Waals surface area (Å²) in [4.78, 5) is 16.2. The summed E-state index contributed by atoms with van der Waals surface area (Å²) in [5, 5.41) is 6.04. The normalized spacial score (nSPS) is 11.4. The Morgan fingerprint density at radius 3 is 2.42 bits per heavy atom. The number of nitrogens with one attached hydrogen (secondary N) is 1. The summed E-state index contributed by atoms with van der Waals surface area (Å²) < 4.78 is 39.5. The molecule has 2 aromatic heterocycles. The number of amides is 1. The van der Waals surface area contributed by atoms with Crippen LogP contribution < -0.4 is 11.1 Å². The number of aromatic nitrogens is 3. The molecule has 1 amide bonds. The highest BCUT2D eigenvalue weighted by Crippen LogP contribution is 2.33. The molecule has 0 aliphatic heterocycles. The van der Waals surface area contributed by atoms with E-state index in [0.717, 1.165) is 10.7 Å². The standard InChI is InChI=1S/C17H14F3N5O/c1-25-12(9-13(24-25)17(18,19)20)11-7-8-14(22-15(11)21)23-16(26)10-5-3-2-4-6-10/h2-9H,1H3,(H3,21,22,23,26). The number of nitrogens with zero attached hydrogens (tertiary/aromatic N) is 3. The number of anilines is 2. The highest BCUT2D eigenvalue weighted by atomic mass is 19.4. The summed E-state index contributed by atoms with van der Waals surface area (Å²) in [7, 11) is 1.38. The van der Waals surface area contributed by atoms with Crippen LogP contribution in [0.5, 0.6) is 0 Å². The van der Waals surface area contributed by atoms with Gasteiger partial charge in [-0.3, -0.25) is 9.48 Å². The first kappa shape index (κ1) is 17.5. The van der Waals surface area contributed by atoms with Crippen LogP contribution in [0.15, 0.2) is 48.5 Å². The van der Waals surface area contributed by atoms with Gasteiger partial charge in [0.1, 0.15) is 11.6 Å². The maximum Gasteiger partial charge on any atom is 0.435 e. The van der Waals surface area contributed by atoms with Gasteiger partial charge in [-0.1, -0.05) is 18.2 Å². The summed E-state index contributed by atoms with van der Waals surface area (Å²) >= 11 is 0. The highest BCUT2D eigenvalue weighted by Gasteiger charge is 2.34. The number of aryl methyl sites for hydroxylation is 1. The van der Waals surface area contributed by atoms with E-state index in [-0.39, 0.29) is 28.8 Å². The fourth-order valence-electron chi connectivity index (χ4n) is 2.40. The number of hydrogen-bond donors (Lipinski definition) is 2. The van der Waals surface area contributed by atoms with E-state index in [9.17, 15) is 18.0 Å². The second-order valence-corrected chi connectivity index (χ2v) is 5.49. The van der Waals surface area contributed by atoms with E-state index < -0.39 is 11.9 Å². The van der Waals surface area contributed by atoms with Gasteiger partial charge in [-0.25, -0.2) is 4.98 Å². The van der Waals surface area contributed by atoms with Gasteiger partial charge in [0.15, 0.2) is 5.69 Å². The van der Waals surface area contributed by atoms with E-state index in [0.29, 0.717) is 5.56 Å². The molecule has 2 heterocycles. The van der Waals surface area contributed by atoms with Crippen molar-refractivity contribution in [2.75, 3.05) is 11.1 Å². The van der Waals surface area contributed by atoms with Crippen LogP contribution >= 0.6 is 0 Å². The first-order chi connectivity index (χ1) is 12.3. The number of carbonyl (C=O) groups excluding carboxylic acids is 1. The predicted octanol–water partition coefficient (Wildman–Crippen LogP) is 3.34. The molecule has 134 valence electrons. The Morgan fingerprint density at radius 1 is 1.15 bits per heavy atom. The lowest BCUT2D eigenvalue weighted by molar-refractivity contribution is -0.141. The summed E-state index contributed by atoms with van der Waals surface area (Å²) in [6, 6.07) is 12.4. The molecule has 6 nitrogen and oxygen atoms in total. The van der Waals surface area contributed by atoms with Crippen LogP contribution in [0, 0.1) is 0 Å². The first-order valence-electron chi connectivity index (χ1n) is 7.50. The monoisotopic (exact) mass is 361 g/mol. The fourth-order valence-corrected chi connectivity index (χ4v) is 2.40. The van der Waals surface area contributed by atoms with Crippen molar-refractivity contribution in [3.05, 3.63) is 59.8 Å². The van der Waals surface area contributed by atoms with Crippen molar-refractivity contribution < 1.29 is 18.0 Å². The van der Waals surface area contributed by atoms with Crippen LogP contribution in [0.4, 0.5) is 24.8 Å². The average Bonchev–Trinajstić information content (AvgIpc) is 2.98. The van der Waals surface area contributed by atoms with Crippen molar-refractivity contribution in [2.45, 2.75) is 6.18 Å². The van der Waals surface area contributed by atoms with Crippen LogP contribution in [0.3, 0.4) is 0 Å². The minimum absolute atomic E-state index is 0.0208. The Balaban J connectivity index is 1.87. The van der Waals surface area contributed by atoms with Crippen molar-refractivity contribution in [1.29, 1.82) is 0 Å². The van der Waals surface area contributed by atoms with Crippen LogP contribution in [-0.4, -0.2) is 20.7 Å². The fraction of sp³-hybridized carbons (Fsp3) is 0.118. The Labute approximate surface area is 146 Å². The zero-order valence-electron chi connectivity index (χ0n) is 13.6. The maximum absolute atomic E-state index is 12.8. The molecule has 26 heavy (non-hydrogen) atoms. The van der Waals surface area contributed by atoms with Gasteiger partial charge < -0.3 is 11.1 Å². The smallest absolute Gasteiger partial charge is 0.383 e. The van der Waals surface area contributed by atoms with E-state index in [2.05, 4.69) is 15.4 Å². The molecule has 0 fully saturated rings. The van der Waals surface area contributed by atoms with Gasteiger partial charge in [0.25, 0.3) is 5.91 Å². The maximum atomic E-state index is 12.8. The predicted molar refractivity (Wildman–Crippen MR) is 90.2 cm³/mol. The number of hydrogen-bond acceptors (Lipinski definition) is 4. The van der Waals surface area contributed by atoms with E-state index in [1.165, 1.54) is 19.2 Å². The lowest BCUT2D eigenvalue weighted by Gasteiger charge is -2.09. The van der Waals surface area contributed by atoms with Gasteiger partial charge in [0, 0.05) is 18.2 Å². The first-order valence-corrected chi connectivity index (χ1v) is 7.50. The Morgan fingerprint density at radius 2 is 1.85 bits per heavy atom. The van der Waals surface area contributed by atoms with E-state index in [1.54, 1.807) is 30.3 Å². The molecule has 3 aromatic rings. The van der Waals surface area contributed by atoms with E-state index in [4.69, 9.17) is 5.73 Å². The highest BCUT2D eigenvalue weighted by molar-refractivity contribution is 6.03. The minimum Gasteiger partial charge on any atom is -0.383 e. The molecule has 0 aliphatic carbocycles. The molecule has 0 bridgehead atoms. The molecule has 0 spiro atoms. The van der Waals surface area contributed by atoms with Gasteiger partial charge in [-0.15, -0.1) is 0 Å². The number of halogens is 3. The van der Waals surface area contributed by atoms with Crippen molar-refractivity contribution in [1.82, 2.24) is 14.8 Å². The van der Waals surface area contributed by atoms with Gasteiger partial charge >= 0.3 is 6.18 Å². The van der Waals surface area contributed by atoms with Crippen molar-refractivity contribution >= 4 is 17.5 Å². The molecular weight excluding hydrogens is 347 g/mol. The number of nitrogen functional groups attached to an aromatic ring is 1. The number of rotatable bonds is 3.